The number of hydrogen-bond acceptors (Lipinski definition) is 3. The zero-order chi connectivity index (χ0) is 13.5. The molecule has 0 aliphatic rings. The number of carboxylic acid groups (broad SMARTS) is 1. The van der Waals surface area contributed by atoms with Crippen LogP contribution in [0.25, 0.3) is 0 Å². The summed E-state index contributed by atoms with van der Waals surface area (Å²) in [6.45, 7) is 4.25. The first-order valence-corrected chi connectivity index (χ1v) is 6.06. The van der Waals surface area contributed by atoms with Gasteiger partial charge in [0.1, 0.15) is 6.07 Å². The lowest BCUT2D eigenvalue weighted by Crippen LogP contribution is -2.23. The van der Waals surface area contributed by atoms with E-state index in [4.69, 9.17) is 10.4 Å². The first-order valence-electron chi connectivity index (χ1n) is 6.06. The number of carboxylic acids is 1. The molecule has 4 nitrogen and oxygen atoms in total. The van der Waals surface area contributed by atoms with E-state index in [0.29, 0.717) is 24.2 Å². The van der Waals surface area contributed by atoms with Crippen LogP contribution in [-0.4, -0.2) is 17.6 Å². The van der Waals surface area contributed by atoms with Gasteiger partial charge in [0.25, 0.3) is 0 Å². The van der Waals surface area contributed by atoms with Gasteiger partial charge in [0.2, 0.25) is 0 Å². The third kappa shape index (κ3) is 3.77. The van der Waals surface area contributed by atoms with Crippen LogP contribution in [0.1, 0.15) is 30.9 Å². The highest BCUT2D eigenvalue weighted by Gasteiger charge is 2.16. The quantitative estimate of drug-likeness (QED) is 0.809. The highest BCUT2D eigenvalue weighted by Crippen LogP contribution is 2.18. The van der Waals surface area contributed by atoms with Gasteiger partial charge >= 0.3 is 5.97 Å². The van der Waals surface area contributed by atoms with Gasteiger partial charge < -0.3 is 10.4 Å². The maximum Gasteiger partial charge on any atom is 0.308 e. The maximum absolute atomic E-state index is 11.0. The van der Waals surface area contributed by atoms with Crippen molar-refractivity contribution in [3.63, 3.8) is 0 Å². The lowest BCUT2D eigenvalue weighted by molar-refractivity contribution is -0.141. The van der Waals surface area contributed by atoms with Crippen molar-refractivity contribution in [3.8, 4) is 6.07 Å². The van der Waals surface area contributed by atoms with Gasteiger partial charge in [-0.25, -0.2) is 0 Å². The van der Waals surface area contributed by atoms with Crippen molar-refractivity contribution in [3.05, 3.63) is 29.3 Å². The van der Waals surface area contributed by atoms with E-state index in [9.17, 15) is 4.79 Å². The van der Waals surface area contributed by atoms with E-state index in [2.05, 4.69) is 11.4 Å². The molecule has 0 aromatic heterocycles. The molecule has 96 valence electrons. The summed E-state index contributed by atoms with van der Waals surface area (Å²) in [5.74, 6) is -1.21. The second-order valence-corrected chi connectivity index (χ2v) is 4.37. The van der Waals surface area contributed by atoms with Crippen LogP contribution in [0, 0.1) is 24.2 Å². The minimum Gasteiger partial charge on any atom is -0.481 e. The number of hydrogen-bond donors (Lipinski definition) is 2. The number of benzene rings is 1. The molecular formula is C14H18N2O2. The van der Waals surface area contributed by atoms with E-state index in [1.165, 1.54) is 0 Å². The largest absolute Gasteiger partial charge is 0.481 e. The average molecular weight is 246 g/mol. The van der Waals surface area contributed by atoms with Crippen LogP contribution in [0.2, 0.25) is 0 Å². The van der Waals surface area contributed by atoms with Crippen molar-refractivity contribution in [2.45, 2.75) is 26.7 Å². The highest BCUT2D eigenvalue weighted by atomic mass is 16.4. The first-order chi connectivity index (χ1) is 8.58. The molecule has 0 spiro atoms. The molecular weight excluding hydrogens is 228 g/mol. The molecule has 0 aliphatic heterocycles. The fourth-order valence-corrected chi connectivity index (χ4v) is 1.80. The van der Waals surface area contributed by atoms with Gasteiger partial charge in [0.15, 0.2) is 0 Å². The normalized spacial score (nSPS) is 11.6. The second-order valence-electron chi connectivity index (χ2n) is 4.37. The van der Waals surface area contributed by atoms with E-state index in [-0.39, 0.29) is 0 Å². The first kappa shape index (κ1) is 14.0. The number of aryl methyl sites for hydroxylation is 1. The zero-order valence-corrected chi connectivity index (χ0v) is 10.7. The molecule has 0 amide bonds. The number of aliphatic carboxylic acids is 1. The predicted molar refractivity (Wildman–Crippen MR) is 70.4 cm³/mol. The second kappa shape index (κ2) is 6.65. The molecule has 1 aromatic rings. The Morgan fingerprint density at radius 2 is 2.28 bits per heavy atom. The van der Waals surface area contributed by atoms with Gasteiger partial charge in [-0.05, 0) is 31.0 Å². The van der Waals surface area contributed by atoms with Crippen LogP contribution in [0.5, 0.6) is 0 Å². The molecule has 2 N–H and O–H groups in total. The maximum atomic E-state index is 11.0. The number of nitrogens with zero attached hydrogens (tertiary/aromatic N) is 1. The van der Waals surface area contributed by atoms with Gasteiger partial charge in [-0.15, -0.1) is 0 Å². The Kier molecular flexibility index (Phi) is 5.19. The standard InChI is InChI=1S/C14H18N2O2/c1-3-4-12(14(17)18)9-16-13-7-10(2)5-6-11(13)8-15/h5-7,12,16H,3-4,9H2,1-2H3,(H,17,18). The van der Waals surface area contributed by atoms with Crippen molar-refractivity contribution in [2.75, 3.05) is 11.9 Å². The van der Waals surface area contributed by atoms with Crippen LogP contribution in [0.4, 0.5) is 5.69 Å². The van der Waals surface area contributed by atoms with Crippen LogP contribution in [0.15, 0.2) is 18.2 Å². The summed E-state index contributed by atoms with van der Waals surface area (Å²) in [6.07, 6.45) is 1.47. The van der Waals surface area contributed by atoms with Crippen LogP contribution < -0.4 is 5.32 Å². The van der Waals surface area contributed by atoms with Gasteiger partial charge in [0, 0.05) is 6.54 Å². The van der Waals surface area contributed by atoms with Crippen LogP contribution >= 0.6 is 0 Å². The predicted octanol–water partition coefficient (Wildman–Crippen LogP) is 2.78. The number of nitriles is 1. The molecule has 0 aliphatic carbocycles. The Labute approximate surface area is 107 Å². The minimum atomic E-state index is -0.796. The van der Waals surface area contributed by atoms with E-state index < -0.39 is 11.9 Å². The van der Waals surface area contributed by atoms with Crippen LogP contribution in [-0.2, 0) is 4.79 Å². The molecule has 0 radical (unpaired) electrons. The summed E-state index contributed by atoms with van der Waals surface area (Å²) < 4.78 is 0. The van der Waals surface area contributed by atoms with E-state index in [0.717, 1.165) is 12.0 Å². The molecule has 0 bridgehead atoms. The number of rotatable bonds is 6. The Morgan fingerprint density at radius 1 is 1.56 bits per heavy atom. The van der Waals surface area contributed by atoms with Crippen molar-refractivity contribution >= 4 is 11.7 Å². The fraction of sp³-hybridized carbons (Fsp3) is 0.429. The molecule has 18 heavy (non-hydrogen) atoms. The number of anilines is 1. The molecule has 1 atom stereocenters. The lowest BCUT2D eigenvalue weighted by atomic mass is 10.0. The third-order valence-electron chi connectivity index (χ3n) is 2.82. The smallest absolute Gasteiger partial charge is 0.308 e. The molecule has 1 aromatic carbocycles. The number of carbonyl (C=O) groups is 1. The highest BCUT2D eigenvalue weighted by molar-refractivity contribution is 5.71. The lowest BCUT2D eigenvalue weighted by Gasteiger charge is -2.14. The summed E-state index contributed by atoms with van der Waals surface area (Å²) in [4.78, 5) is 11.0. The van der Waals surface area contributed by atoms with Gasteiger partial charge in [-0.2, -0.15) is 5.26 Å². The Balaban J connectivity index is 2.75. The molecule has 1 unspecified atom stereocenters. The average Bonchev–Trinajstić information content (AvgIpc) is 2.34. The fourth-order valence-electron chi connectivity index (χ4n) is 1.80. The molecule has 4 heteroatoms. The molecule has 0 heterocycles. The molecule has 0 saturated carbocycles. The molecule has 0 fully saturated rings. The van der Waals surface area contributed by atoms with Crippen molar-refractivity contribution < 1.29 is 9.90 Å². The Morgan fingerprint density at radius 3 is 2.83 bits per heavy atom. The summed E-state index contributed by atoms with van der Waals surface area (Å²) >= 11 is 0. The van der Waals surface area contributed by atoms with Crippen molar-refractivity contribution in [1.29, 1.82) is 5.26 Å². The summed E-state index contributed by atoms with van der Waals surface area (Å²) in [6, 6.07) is 7.57. The Hall–Kier alpha value is -2.02. The third-order valence-corrected chi connectivity index (χ3v) is 2.82. The van der Waals surface area contributed by atoms with Gasteiger partial charge in [-0.3, -0.25) is 4.79 Å². The summed E-state index contributed by atoms with van der Waals surface area (Å²) in [5.41, 5.74) is 2.29. The van der Waals surface area contributed by atoms with E-state index in [1.807, 2.05) is 26.0 Å². The van der Waals surface area contributed by atoms with E-state index in [1.54, 1.807) is 6.07 Å². The topological polar surface area (TPSA) is 73.1 Å². The Bertz CT molecular complexity index is 463. The SMILES string of the molecule is CCCC(CNc1cc(C)ccc1C#N)C(=O)O. The minimum absolute atomic E-state index is 0.349. The van der Waals surface area contributed by atoms with E-state index >= 15 is 0 Å². The van der Waals surface area contributed by atoms with Crippen LogP contribution in [0.3, 0.4) is 0 Å². The molecule has 1 rings (SSSR count). The monoisotopic (exact) mass is 246 g/mol. The van der Waals surface area contributed by atoms with Gasteiger partial charge in [0.05, 0.1) is 17.2 Å². The van der Waals surface area contributed by atoms with Gasteiger partial charge in [-0.1, -0.05) is 19.4 Å². The zero-order valence-electron chi connectivity index (χ0n) is 10.7. The van der Waals surface area contributed by atoms with Crippen molar-refractivity contribution in [1.82, 2.24) is 0 Å². The number of nitrogens with one attached hydrogen (secondary N) is 1. The van der Waals surface area contributed by atoms with Crippen molar-refractivity contribution in [2.24, 2.45) is 5.92 Å². The summed E-state index contributed by atoms with van der Waals surface area (Å²) in [5, 5.41) is 21.1. The summed E-state index contributed by atoms with van der Waals surface area (Å²) in [7, 11) is 0. The molecule has 0 saturated heterocycles.